The van der Waals surface area contributed by atoms with Crippen LogP contribution >= 0.6 is 11.6 Å². The van der Waals surface area contributed by atoms with Gasteiger partial charge >= 0.3 is 0 Å². The lowest BCUT2D eigenvalue weighted by Crippen LogP contribution is -2.53. The van der Waals surface area contributed by atoms with Crippen LogP contribution in [0, 0.1) is 0 Å². The third-order valence-corrected chi connectivity index (χ3v) is 10.0. The topological polar surface area (TPSA) is 114 Å². The Labute approximate surface area is 300 Å². The van der Waals surface area contributed by atoms with Gasteiger partial charge in [-0.05, 0) is 73.0 Å². The maximum absolute atomic E-state index is 14.7. The van der Waals surface area contributed by atoms with E-state index in [2.05, 4.69) is 5.32 Å². The minimum absolute atomic E-state index is 0.00557. The van der Waals surface area contributed by atoms with Crippen molar-refractivity contribution in [1.29, 1.82) is 0 Å². The molecule has 10 nitrogen and oxygen atoms in total. The summed E-state index contributed by atoms with van der Waals surface area (Å²) < 4.78 is 46.3. The lowest BCUT2D eigenvalue weighted by Gasteiger charge is -2.34. The Balaban J connectivity index is 1.82. The van der Waals surface area contributed by atoms with Gasteiger partial charge in [0.05, 0.1) is 31.4 Å². The molecule has 0 aliphatic rings. The zero-order valence-electron chi connectivity index (χ0n) is 28.8. The lowest BCUT2D eigenvalue weighted by molar-refractivity contribution is -0.140. The second-order valence-electron chi connectivity index (χ2n) is 11.5. The van der Waals surface area contributed by atoms with E-state index in [1.54, 1.807) is 42.5 Å². The number of hydrogen-bond donors (Lipinski definition) is 1. The molecule has 0 saturated carbocycles. The molecule has 4 aromatic carbocycles. The van der Waals surface area contributed by atoms with Crippen molar-refractivity contribution < 1.29 is 32.2 Å². The van der Waals surface area contributed by atoms with Crippen LogP contribution in [-0.4, -0.2) is 65.1 Å². The number of rotatable bonds is 18. The van der Waals surface area contributed by atoms with E-state index in [9.17, 15) is 18.0 Å². The number of ether oxygens (including phenoxy) is 3. The van der Waals surface area contributed by atoms with Crippen LogP contribution in [0.5, 0.6) is 17.2 Å². The summed E-state index contributed by atoms with van der Waals surface area (Å²) in [5, 5.41) is 3.46. The molecule has 4 rings (SSSR count). The summed E-state index contributed by atoms with van der Waals surface area (Å²) >= 11 is 6.34. The minimum atomic E-state index is -4.38. The molecule has 0 bridgehead atoms. The van der Waals surface area contributed by atoms with E-state index in [4.69, 9.17) is 25.8 Å². The van der Waals surface area contributed by atoms with Gasteiger partial charge in [0.1, 0.15) is 18.3 Å². The van der Waals surface area contributed by atoms with Crippen molar-refractivity contribution in [3.63, 3.8) is 0 Å². The predicted octanol–water partition coefficient (Wildman–Crippen LogP) is 6.51. The highest BCUT2D eigenvalue weighted by Crippen LogP contribution is 2.33. The van der Waals surface area contributed by atoms with Crippen LogP contribution in [0.2, 0.25) is 5.02 Å². The molecule has 0 saturated heterocycles. The number of carbonyl (C=O) groups excluding carboxylic acids is 2. The van der Waals surface area contributed by atoms with Gasteiger partial charge in [-0.1, -0.05) is 67.4 Å². The van der Waals surface area contributed by atoms with Crippen LogP contribution in [0.1, 0.15) is 37.8 Å². The van der Waals surface area contributed by atoms with Gasteiger partial charge in [-0.25, -0.2) is 8.42 Å². The number of halogens is 1. The minimum Gasteiger partial charge on any atom is -0.494 e. The van der Waals surface area contributed by atoms with E-state index in [1.165, 1.54) is 37.3 Å². The summed E-state index contributed by atoms with van der Waals surface area (Å²) in [4.78, 5) is 29.9. The summed E-state index contributed by atoms with van der Waals surface area (Å²) in [6.07, 6.45) is 1.84. The molecule has 0 spiro atoms. The maximum atomic E-state index is 14.7. The monoisotopic (exact) mass is 721 g/mol. The van der Waals surface area contributed by atoms with E-state index in [0.29, 0.717) is 35.2 Å². The van der Waals surface area contributed by atoms with Crippen molar-refractivity contribution in [3.8, 4) is 17.2 Å². The van der Waals surface area contributed by atoms with E-state index >= 15 is 0 Å². The highest BCUT2D eigenvalue weighted by atomic mass is 35.5. The largest absolute Gasteiger partial charge is 0.494 e. The second-order valence-corrected chi connectivity index (χ2v) is 13.8. The highest BCUT2D eigenvalue weighted by Gasteiger charge is 2.35. The van der Waals surface area contributed by atoms with Gasteiger partial charge in [-0.15, -0.1) is 0 Å². The van der Waals surface area contributed by atoms with Gasteiger partial charge in [0.15, 0.2) is 11.5 Å². The van der Waals surface area contributed by atoms with Crippen molar-refractivity contribution in [1.82, 2.24) is 10.2 Å². The zero-order valence-corrected chi connectivity index (χ0v) is 30.4. The molecule has 266 valence electrons. The van der Waals surface area contributed by atoms with Gasteiger partial charge in [-0.2, -0.15) is 0 Å². The maximum Gasteiger partial charge on any atom is 0.264 e. The molecule has 0 radical (unpaired) electrons. The Hall–Kier alpha value is -4.74. The Morgan fingerprint density at radius 2 is 1.54 bits per heavy atom. The molecule has 0 aromatic heterocycles. The van der Waals surface area contributed by atoms with E-state index < -0.39 is 28.5 Å². The summed E-state index contributed by atoms with van der Waals surface area (Å²) in [5.74, 6) is 0.171. The Kier molecular flexibility index (Phi) is 13.9. The molecule has 1 atom stereocenters. The standard InChI is InChI=1S/C38H44ClN3O7S/c1-5-7-22-40-38(44)34(24-28-12-9-8-10-13-28)41(26-29-14-11-15-30(39)23-29)37(43)27-42(31-16-18-32(19-17-31)49-6-2)50(45,46)33-20-21-35(47-3)36(25-33)48-4/h8-21,23,25,34H,5-7,22,24,26-27H2,1-4H3,(H,40,44)/t34-/m1/s1. The SMILES string of the molecule is CCCCNC(=O)[C@@H](Cc1ccccc1)N(Cc1cccc(Cl)c1)C(=O)CN(c1ccc(OCC)cc1)S(=O)(=O)c1ccc(OC)c(OC)c1. The normalized spacial score (nSPS) is 11.7. The number of benzene rings is 4. The summed E-state index contributed by atoms with van der Waals surface area (Å²) in [6, 6.07) is 26.1. The van der Waals surface area contributed by atoms with Crippen LogP contribution in [0.4, 0.5) is 5.69 Å². The molecule has 1 N–H and O–H groups in total. The summed E-state index contributed by atoms with van der Waals surface area (Å²) in [6.45, 7) is 4.12. The van der Waals surface area contributed by atoms with Crippen LogP contribution in [0.3, 0.4) is 0 Å². The number of sulfonamides is 1. The quantitative estimate of drug-likeness (QED) is 0.117. The Bertz CT molecular complexity index is 1820. The first kappa shape index (κ1) is 38.1. The van der Waals surface area contributed by atoms with Gasteiger partial charge in [0.25, 0.3) is 10.0 Å². The zero-order chi connectivity index (χ0) is 36.1. The van der Waals surface area contributed by atoms with Gasteiger partial charge < -0.3 is 24.4 Å². The van der Waals surface area contributed by atoms with Gasteiger partial charge in [-0.3, -0.25) is 13.9 Å². The predicted molar refractivity (Wildman–Crippen MR) is 196 cm³/mol. The van der Waals surface area contributed by atoms with E-state index in [0.717, 1.165) is 22.7 Å². The molecule has 0 heterocycles. The summed E-state index contributed by atoms with van der Waals surface area (Å²) in [5.41, 5.74) is 1.75. The van der Waals surface area contributed by atoms with Crippen molar-refractivity contribution in [3.05, 3.63) is 113 Å². The molecule has 0 fully saturated rings. The molecule has 0 aliphatic heterocycles. The fraction of sp³-hybridized carbons (Fsp3) is 0.316. The molecular formula is C38H44ClN3O7S. The third-order valence-electron chi connectivity index (χ3n) is 8.00. The Morgan fingerprint density at radius 1 is 0.840 bits per heavy atom. The molecule has 12 heteroatoms. The number of anilines is 1. The number of amides is 2. The van der Waals surface area contributed by atoms with Crippen molar-refractivity contribution in [2.45, 2.75) is 50.6 Å². The average molecular weight is 722 g/mol. The lowest BCUT2D eigenvalue weighted by atomic mass is 10.0. The first-order valence-corrected chi connectivity index (χ1v) is 18.3. The average Bonchev–Trinajstić information content (AvgIpc) is 3.12. The van der Waals surface area contributed by atoms with Crippen LogP contribution in [-0.2, 0) is 32.6 Å². The fourth-order valence-corrected chi connectivity index (χ4v) is 7.04. The number of nitrogens with zero attached hydrogens (tertiary/aromatic N) is 2. The number of nitrogens with one attached hydrogen (secondary N) is 1. The van der Waals surface area contributed by atoms with Crippen LogP contribution in [0.15, 0.2) is 102 Å². The van der Waals surface area contributed by atoms with Crippen molar-refractivity contribution >= 4 is 39.1 Å². The van der Waals surface area contributed by atoms with E-state index in [-0.39, 0.29) is 35.2 Å². The van der Waals surface area contributed by atoms with Crippen LogP contribution < -0.4 is 23.8 Å². The number of hydrogen-bond acceptors (Lipinski definition) is 7. The first-order valence-electron chi connectivity index (χ1n) is 16.4. The smallest absolute Gasteiger partial charge is 0.264 e. The first-order chi connectivity index (χ1) is 24.1. The van der Waals surface area contributed by atoms with Gasteiger partial charge in [0, 0.05) is 30.6 Å². The number of methoxy groups -OCH3 is 2. The molecular weight excluding hydrogens is 678 g/mol. The second kappa shape index (κ2) is 18.3. The van der Waals surface area contributed by atoms with Crippen molar-refractivity contribution in [2.24, 2.45) is 0 Å². The van der Waals surface area contributed by atoms with Crippen molar-refractivity contribution in [2.75, 3.05) is 38.2 Å². The van der Waals surface area contributed by atoms with Crippen LogP contribution in [0.25, 0.3) is 0 Å². The molecule has 2 amide bonds. The fourth-order valence-electron chi connectivity index (χ4n) is 5.40. The molecule has 4 aromatic rings. The molecule has 0 aliphatic carbocycles. The number of unbranched alkanes of at least 4 members (excludes halogenated alkanes) is 1. The number of carbonyl (C=O) groups is 2. The highest BCUT2D eigenvalue weighted by molar-refractivity contribution is 7.92. The Morgan fingerprint density at radius 3 is 2.18 bits per heavy atom. The van der Waals surface area contributed by atoms with Gasteiger partial charge in [0.2, 0.25) is 11.8 Å². The van der Waals surface area contributed by atoms with E-state index in [1.807, 2.05) is 50.2 Å². The summed E-state index contributed by atoms with van der Waals surface area (Å²) in [7, 11) is -1.51. The molecule has 0 unspecified atom stereocenters. The third kappa shape index (κ3) is 9.92. The molecule has 50 heavy (non-hydrogen) atoms.